The van der Waals surface area contributed by atoms with Gasteiger partial charge in [-0.05, 0) is 19.8 Å². The van der Waals surface area contributed by atoms with E-state index in [1.807, 2.05) is 0 Å². The summed E-state index contributed by atoms with van der Waals surface area (Å²) >= 11 is 0. The third-order valence-electron chi connectivity index (χ3n) is 2.96. The van der Waals surface area contributed by atoms with E-state index in [2.05, 4.69) is 20.8 Å². The second-order valence-electron chi connectivity index (χ2n) is 4.38. The lowest BCUT2D eigenvalue weighted by Crippen LogP contribution is -2.45. The highest BCUT2D eigenvalue weighted by Gasteiger charge is 2.36. The van der Waals surface area contributed by atoms with E-state index in [1.54, 1.807) is 0 Å². The number of hydrogen-bond acceptors (Lipinski definition) is 2. The summed E-state index contributed by atoms with van der Waals surface area (Å²) in [4.78, 5) is 0. The lowest BCUT2D eigenvalue weighted by atomic mass is 10.1. The molecule has 1 heterocycles. The molecule has 0 spiro atoms. The zero-order valence-corrected chi connectivity index (χ0v) is 9.84. The van der Waals surface area contributed by atoms with E-state index in [9.17, 15) is 0 Å². The number of hydrogen-bond donors (Lipinski definition) is 0. The third kappa shape index (κ3) is 3.58. The second-order valence-corrected chi connectivity index (χ2v) is 4.38. The SMILES string of the molecule is CCCCCC(CC)OC1(C)CCO1. The lowest BCUT2D eigenvalue weighted by molar-refractivity contribution is -0.314. The molecule has 0 aromatic rings. The van der Waals surface area contributed by atoms with Crippen LogP contribution < -0.4 is 0 Å². The highest BCUT2D eigenvalue weighted by Crippen LogP contribution is 2.30. The van der Waals surface area contributed by atoms with E-state index in [0.29, 0.717) is 6.10 Å². The molecule has 2 heteroatoms. The van der Waals surface area contributed by atoms with Gasteiger partial charge in [-0.15, -0.1) is 0 Å². The fourth-order valence-electron chi connectivity index (χ4n) is 1.80. The summed E-state index contributed by atoms with van der Waals surface area (Å²) in [5.74, 6) is -0.257. The lowest BCUT2D eigenvalue weighted by Gasteiger charge is -2.40. The zero-order valence-electron chi connectivity index (χ0n) is 9.84. The summed E-state index contributed by atoms with van der Waals surface area (Å²) in [5, 5.41) is 0. The molecule has 0 N–H and O–H groups in total. The molecule has 2 atom stereocenters. The van der Waals surface area contributed by atoms with Crippen molar-refractivity contribution < 1.29 is 9.47 Å². The van der Waals surface area contributed by atoms with Gasteiger partial charge < -0.3 is 9.47 Å². The number of ether oxygens (including phenoxy) is 2. The van der Waals surface area contributed by atoms with Crippen molar-refractivity contribution in [1.82, 2.24) is 0 Å². The Hall–Kier alpha value is -0.0800. The molecule has 0 aliphatic carbocycles. The molecule has 0 bridgehead atoms. The van der Waals surface area contributed by atoms with Crippen LogP contribution >= 0.6 is 0 Å². The van der Waals surface area contributed by atoms with Crippen molar-refractivity contribution in [2.75, 3.05) is 6.61 Å². The Kier molecular flexibility index (Phi) is 4.90. The van der Waals surface area contributed by atoms with E-state index in [-0.39, 0.29) is 5.79 Å². The van der Waals surface area contributed by atoms with Crippen LogP contribution in [0.2, 0.25) is 0 Å². The maximum Gasteiger partial charge on any atom is 0.168 e. The van der Waals surface area contributed by atoms with E-state index in [4.69, 9.17) is 9.47 Å². The minimum atomic E-state index is -0.257. The van der Waals surface area contributed by atoms with E-state index >= 15 is 0 Å². The Morgan fingerprint density at radius 2 is 2.07 bits per heavy atom. The molecule has 0 amide bonds. The smallest absolute Gasteiger partial charge is 0.168 e. The molecular formula is C12H24O2. The van der Waals surface area contributed by atoms with Gasteiger partial charge in [-0.25, -0.2) is 0 Å². The highest BCUT2D eigenvalue weighted by molar-refractivity contribution is 4.74. The van der Waals surface area contributed by atoms with Crippen molar-refractivity contribution >= 4 is 0 Å². The van der Waals surface area contributed by atoms with E-state index in [0.717, 1.165) is 19.4 Å². The van der Waals surface area contributed by atoms with Crippen LogP contribution in [0.15, 0.2) is 0 Å². The Labute approximate surface area is 88.0 Å². The summed E-state index contributed by atoms with van der Waals surface area (Å²) in [6.45, 7) is 7.34. The van der Waals surface area contributed by atoms with Gasteiger partial charge >= 0.3 is 0 Å². The molecule has 0 aromatic heterocycles. The van der Waals surface area contributed by atoms with Crippen molar-refractivity contribution in [2.24, 2.45) is 0 Å². The molecule has 1 saturated heterocycles. The van der Waals surface area contributed by atoms with Crippen LogP contribution in [0.1, 0.15) is 59.3 Å². The first-order valence-corrected chi connectivity index (χ1v) is 6.02. The Morgan fingerprint density at radius 3 is 2.50 bits per heavy atom. The summed E-state index contributed by atoms with van der Waals surface area (Å²) in [6, 6.07) is 0. The average molecular weight is 200 g/mol. The van der Waals surface area contributed by atoms with Crippen LogP contribution in [0, 0.1) is 0 Å². The standard InChI is InChI=1S/C12H24O2/c1-4-6-7-8-11(5-2)14-12(3)9-10-13-12/h11H,4-10H2,1-3H3. The van der Waals surface area contributed by atoms with Gasteiger partial charge in [0.25, 0.3) is 0 Å². The Bertz CT molecular complexity index is 152. The fraction of sp³-hybridized carbons (Fsp3) is 1.00. The number of unbranched alkanes of at least 4 members (excludes halogenated alkanes) is 2. The average Bonchev–Trinajstić information content (AvgIpc) is 2.14. The molecule has 0 aromatic carbocycles. The largest absolute Gasteiger partial charge is 0.350 e. The van der Waals surface area contributed by atoms with Crippen molar-refractivity contribution in [1.29, 1.82) is 0 Å². The molecular weight excluding hydrogens is 176 g/mol. The minimum Gasteiger partial charge on any atom is -0.350 e. The Balaban J connectivity index is 2.17. The van der Waals surface area contributed by atoms with Crippen molar-refractivity contribution in [2.45, 2.75) is 71.2 Å². The minimum absolute atomic E-state index is 0.257. The van der Waals surface area contributed by atoms with Crippen molar-refractivity contribution in [3.8, 4) is 0 Å². The van der Waals surface area contributed by atoms with Gasteiger partial charge in [-0.3, -0.25) is 0 Å². The summed E-state index contributed by atoms with van der Waals surface area (Å²) in [5.41, 5.74) is 0. The topological polar surface area (TPSA) is 18.5 Å². The maximum absolute atomic E-state index is 5.95. The van der Waals surface area contributed by atoms with Crippen LogP contribution in [-0.2, 0) is 9.47 Å². The molecule has 14 heavy (non-hydrogen) atoms. The molecule has 84 valence electrons. The van der Waals surface area contributed by atoms with Gasteiger partial charge in [0, 0.05) is 6.42 Å². The van der Waals surface area contributed by atoms with Crippen LogP contribution in [-0.4, -0.2) is 18.5 Å². The summed E-state index contributed by atoms with van der Waals surface area (Å²) in [6.07, 6.45) is 7.61. The van der Waals surface area contributed by atoms with Crippen LogP contribution in [0.4, 0.5) is 0 Å². The quantitative estimate of drug-likeness (QED) is 0.586. The highest BCUT2D eigenvalue weighted by atomic mass is 16.7. The number of rotatable bonds is 7. The van der Waals surface area contributed by atoms with Crippen molar-refractivity contribution in [3.63, 3.8) is 0 Å². The molecule has 0 radical (unpaired) electrons. The maximum atomic E-state index is 5.95. The Morgan fingerprint density at radius 1 is 1.36 bits per heavy atom. The van der Waals surface area contributed by atoms with E-state index in [1.165, 1.54) is 25.7 Å². The fourth-order valence-corrected chi connectivity index (χ4v) is 1.80. The molecule has 2 nitrogen and oxygen atoms in total. The molecule has 1 rings (SSSR count). The normalized spacial score (nSPS) is 28.5. The van der Waals surface area contributed by atoms with Crippen LogP contribution in [0.5, 0.6) is 0 Å². The van der Waals surface area contributed by atoms with E-state index < -0.39 is 0 Å². The molecule has 0 saturated carbocycles. The first kappa shape index (κ1) is 12.0. The van der Waals surface area contributed by atoms with Crippen LogP contribution in [0.25, 0.3) is 0 Å². The summed E-state index contributed by atoms with van der Waals surface area (Å²) in [7, 11) is 0. The summed E-state index contributed by atoms with van der Waals surface area (Å²) < 4.78 is 11.4. The zero-order chi connectivity index (χ0) is 10.4. The third-order valence-corrected chi connectivity index (χ3v) is 2.96. The predicted molar refractivity (Wildman–Crippen MR) is 58.3 cm³/mol. The molecule has 2 unspecified atom stereocenters. The monoisotopic (exact) mass is 200 g/mol. The van der Waals surface area contributed by atoms with Gasteiger partial charge in [0.2, 0.25) is 0 Å². The molecule has 1 aliphatic rings. The van der Waals surface area contributed by atoms with Gasteiger partial charge in [0.1, 0.15) is 0 Å². The first-order valence-electron chi connectivity index (χ1n) is 6.02. The first-order chi connectivity index (χ1) is 6.70. The van der Waals surface area contributed by atoms with Gasteiger partial charge in [-0.1, -0.05) is 33.1 Å². The van der Waals surface area contributed by atoms with Gasteiger partial charge in [0.05, 0.1) is 12.7 Å². The molecule has 1 aliphatic heterocycles. The molecule has 1 fully saturated rings. The van der Waals surface area contributed by atoms with Gasteiger partial charge in [-0.2, -0.15) is 0 Å². The van der Waals surface area contributed by atoms with Crippen molar-refractivity contribution in [3.05, 3.63) is 0 Å². The van der Waals surface area contributed by atoms with Crippen LogP contribution in [0.3, 0.4) is 0 Å². The second kappa shape index (κ2) is 5.72. The van der Waals surface area contributed by atoms with Gasteiger partial charge in [0.15, 0.2) is 5.79 Å². The predicted octanol–water partition coefficient (Wildman–Crippen LogP) is 3.50.